The maximum atomic E-state index is 8.25. The van der Waals surface area contributed by atoms with Gasteiger partial charge < -0.3 is 36.0 Å². The summed E-state index contributed by atoms with van der Waals surface area (Å²) in [6.07, 6.45) is 4.70. The molecule has 32 heavy (non-hydrogen) atoms. The van der Waals surface area contributed by atoms with E-state index in [2.05, 4.69) is 9.47 Å². The van der Waals surface area contributed by atoms with E-state index >= 15 is 0 Å². The summed E-state index contributed by atoms with van der Waals surface area (Å²) in [6, 6.07) is 1.37. The average molecular weight is 495 g/mol. The lowest BCUT2D eigenvalue weighted by molar-refractivity contribution is 0.0685. The Hall–Kier alpha value is -1.23. The van der Waals surface area contributed by atoms with Crippen LogP contribution in [-0.4, -0.2) is 70.5 Å². The zero-order valence-electron chi connectivity index (χ0n) is 20.6. The Labute approximate surface area is 196 Å². The van der Waals surface area contributed by atoms with Crippen molar-refractivity contribution in [2.45, 2.75) is 66.5 Å². The number of rotatable bonds is 20. The maximum Gasteiger partial charge on any atom is 0.501 e. The van der Waals surface area contributed by atoms with Gasteiger partial charge in [0.25, 0.3) is 12.5 Å². The first-order valence-electron chi connectivity index (χ1n) is 11.3. The molecule has 0 aliphatic heterocycles. The SMILES string of the molecule is CCO[Si](CCCOC#N)(OCC)OCC.CCO[Si](CCCOC#N)(OCC)OCC. The molecule has 0 rings (SSSR count). The van der Waals surface area contributed by atoms with Gasteiger partial charge in [-0.3, -0.25) is 0 Å². The Morgan fingerprint density at radius 1 is 0.500 bits per heavy atom. The minimum Gasteiger partial charge on any atom is -0.428 e. The van der Waals surface area contributed by atoms with Gasteiger partial charge in [-0.2, -0.15) is 10.5 Å². The molecule has 0 atom stereocenters. The molecule has 188 valence electrons. The maximum absolute atomic E-state index is 8.25. The van der Waals surface area contributed by atoms with E-state index in [1.807, 2.05) is 41.5 Å². The van der Waals surface area contributed by atoms with E-state index in [0.717, 1.165) is 0 Å². The standard InChI is InChI=1S/2C10H21NO4Si/c2*1-4-13-16(14-5-2,15-6-3)9-7-8-12-10-11/h2*4-9H2,1-3H3. The molecule has 0 saturated heterocycles. The molecule has 0 aromatic carbocycles. The summed E-state index contributed by atoms with van der Waals surface area (Å²) < 4.78 is 43.1. The molecule has 0 spiro atoms. The Morgan fingerprint density at radius 3 is 0.938 bits per heavy atom. The van der Waals surface area contributed by atoms with Crippen molar-refractivity contribution >= 4 is 17.6 Å². The van der Waals surface area contributed by atoms with Gasteiger partial charge in [-0.05, 0) is 54.4 Å². The van der Waals surface area contributed by atoms with Crippen molar-refractivity contribution in [3.63, 3.8) is 0 Å². The Bertz CT molecular complexity index is 425. The van der Waals surface area contributed by atoms with Gasteiger partial charge in [-0.1, -0.05) is 0 Å². The number of nitrogens with zero attached hydrogens (tertiary/aromatic N) is 2. The minimum absolute atomic E-state index is 0.387. The fraction of sp³-hybridized carbons (Fsp3) is 0.900. The normalized spacial score (nSPS) is 11.1. The van der Waals surface area contributed by atoms with Crippen molar-refractivity contribution < 1.29 is 36.0 Å². The highest BCUT2D eigenvalue weighted by atomic mass is 28.4. The predicted molar refractivity (Wildman–Crippen MR) is 123 cm³/mol. The monoisotopic (exact) mass is 494 g/mol. The Balaban J connectivity index is 0. The number of nitriles is 2. The third-order valence-corrected chi connectivity index (χ3v) is 10.1. The molecule has 0 aliphatic rings. The fourth-order valence-corrected chi connectivity index (χ4v) is 7.98. The highest BCUT2D eigenvalue weighted by molar-refractivity contribution is 6.61. The molecule has 0 aromatic heterocycles. The largest absolute Gasteiger partial charge is 0.501 e. The second-order valence-corrected chi connectivity index (χ2v) is 11.5. The Kier molecular flexibility index (Phi) is 23.6. The third kappa shape index (κ3) is 16.4. The van der Waals surface area contributed by atoms with Gasteiger partial charge in [0.2, 0.25) is 0 Å². The highest BCUT2D eigenvalue weighted by Crippen LogP contribution is 2.19. The van der Waals surface area contributed by atoms with Crippen molar-refractivity contribution in [1.29, 1.82) is 10.5 Å². The van der Waals surface area contributed by atoms with Gasteiger partial charge >= 0.3 is 17.6 Å². The molecule has 0 amide bonds. The van der Waals surface area contributed by atoms with Gasteiger partial charge in [0, 0.05) is 51.7 Å². The first-order chi connectivity index (χ1) is 15.5. The van der Waals surface area contributed by atoms with Crippen molar-refractivity contribution in [1.82, 2.24) is 0 Å². The van der Waals surface area contributed by atoms with Crippen LogP contribution < -0.4 is 0 Å². The summed E-state index contributed by atoms with van der Waals surface area (Å²) in [5.41, 5.74) is 0. The van der Waals surface area contributed by atoms with Crippen molar-refractivity contribution in [2.24, 2.45) is 0 Å². The number of hydrogen-bond donors (Lipinski definition) is 0. The van der Waals surface area contributed by atoms with Crippen LogP contribution in [0.5, 0.6) is 0 Å². The molecule has 0 N–H and O–H groups in total. The van der Waals surface area contributed by atoms with Gasteiger partial charge in [0.05, 0.1) is 0 Å². The predicted octanol–water partition coefficient (Wildman–Crippen LogP) is 3.85. The molecule has 10 nitrogen and oxygen atoms in total. The van der Waals surface area contributed by atoms with Crippen molar-refractivity contribution in [3.8, 4) is 12.5 Å². The summed E-state index contributed by atoms with van der Waals surface area (Å²) in [5, 5.41) is 16.5. The average Bonchev–Trinajstić information content (AvgIpc) is 2.76. The van der Waals surface area contributed by atoms with E-state index in [4.69, 9.17) is 37.1 Å². The van der Waals surface area contributed by atoms with E-state index in [9.17, 15) is 0 Å². The lowest BCUT2D eigenvalue weighted by Crippen LogP contribution is -2.46. The van der Waals surface area contributed by atoms with Gasteiger partial charge in [-0.15, -0.1) is 0 Å². The molecule has 12 heteroatoms. The summed E-state index contributed by atoms with van der Waals surface area (Å²) in [4.78, 5) is 0. The summed E-state index contributed by atoms with van der Waals surface area (Å²) in [7, 11) is -5.07. The van der Waals surface area contributed by atoms with Crippen LogP contribution in [-0.2, 0) is 36.0 Å². The van der Waals surface area contributed by atoms with Crippen LogP contribution >= 0.6 is 0 Å². The van der Waals surface area contributed by atoms with Crippen LogP contribution in [0.1, 0.15) is 54.4 Å². The van der Waals surface area contributed by atoms with Crippen LogP contribution in [0.2, 0.25) is 12.1 Å². The lowest BCUT2D eigenvalue weighted by Gasteiger charge is -2.28. The van der Waals surface area contributed by atoms with Gasteiger partial charge in [0.1, 0.15) is 13.2 Å². The molecule has 0 unspecified atom stereocenters. The van der Waals surface area contributed by atoms with Gasteiger partial charge in [-0.25, -0.2) is 0 Å². The zero-order valence-corrected chi connectivity index (χ0v) is 22.6. The molecule has 0 fully saturated rings. The van der Waals surface area contributed by atoms with Gasteiger partial charge in [0.15, 0.2) is 0 Å². The molecule has 0 radical (unpaired) electrons. The topological polar surface area (TPSA) is 121 Å². The molecule has 0 aromatic rings. The second kappa shape index (κ2) is 22.9. The lowest BCUT2D eigenvalue weighted by atomic mass is 10.5. The van der Waals surface area contributed by atoms with E-state index < -0.39 is 17.6 Å². The van der Waals surface area contributed by atoms with Crippen molar-refractivity contribution in [2.75, 3.05) is 52.9 Å². The van der Waals surface area contributed by atoms with E-state index in [1.165, 1.54) is 0 Å². The summed E-state index contributed by atoms with van der Waals surface area (Å²) in [5.74, 6) is 0. The molecule has 0 aliphatic carbocycles. The zero-order chi connectivity index (χ0) is 24.6. The molecule has 0 heterocycles. The molecule has 0 saturated carbocycles. The fourth-order valence-electron chi connectivity index (χ4n) is 2.82. The highest BCUT2D eigenvalue weighted by Gasteiger charge is 2.40. The van der Waals surface area contributed by atoms with Crippen molar-refractivity contribution in [3.05, 3.63) is 0 Å². The van der Waals surface area contributed by atoms with Crippen LogP contribution in [0.4, 0.5) is 0 Å². The van der Waals surface area contributed by atoms with E-state index in [1.54, 1.807) is 12.5 Å². The molecular weight excluding hydrogens is 452 g/mol. The number of ether oxygens (including phenoxy) is 2. The smallest absolute Gasteiger partial charge is 0.428 e. The summed E-state index contributed by atoms with van der Waals surface area (Å²) >= 11 is 0. The summed E-state index contributed by atoms with van der Waals surface area (Å²) in [6.45, 7) is 15.8. The van der Waals surface area contributed by atoms with Crippen LogP contribution in [0, 0.1) is 23.0 Å². The first-order valence-corrected chi connectivity index (χ1v) is 15.2. The molecule has 0 bridgehead atoms. The quantitative estimate of drug-likeness (QED) is 0.140. The van der Waals surface area contributed by atoms with Crippen LogP contribution in [0.3, 0.4) is 0 Å². The van der Waals surface area contributed by atoms with Crippen LogP contribution in [0.25, 0.3) is 0 Å². The number of hydrogen-bond acceptors (Lipinski definition) is 10. The van der Waals surface area contributed by atoms with Crippen LogP contribution in [0.15, 0.2) is 0 Å². The first kappa shape index (κ1) is 32.9. The third-order valence-electron chi connectivity index (χ3n) is 3.77. The Morgan fingerprint density at radius 2 is 0.750 bits per heavy atom. The molecular formula is C20H42N2O8Si2. The van der Waals surface area contributed by atoms with E-state index in [-0.39, 0.29) is 0 Å². The second-order valence-electron chi connectivity index (χ2n) is 6.05. The van der Waals surface area contributed by atoms with E-state index in [0.29, 0.717) is 77.8 Å². The minimum atomic E-state index is -2.53.